The second-order valence-electron chi connectivity index (χ2n) is 11.3. The summed E-state index contributed by atoms with van der Waals surface area (Å²) in [5.74, 6) is -0.773. The van der Waals surface area contributed by atoms with Crippen LogP contribution in [0.4, 0.5) is 0 Å². The molecule has 2 heterocycles. The lowest BCUT2D eigenvalue weighted by Crippen LogP contribution is -2.49. The van der Waals surface area contributed by atoms with E-state index in [9.17, 15) is 18.3 Å². The third-order valence-corrected chi connectivity index (χ3v) is 10.4. The number of carbonyl (C=O) groups excluding carboxylic acids is 1. The van der Waals surface area contributed by atoms with Gasteiger partial charge in [-0.15, -0.1) is 0 Å². The Balaban J connectivity index is 1.52. The molecule has 1 N–H and O–H groups in total. The Labute approximate surface area is 231 Å². The summed E-state index contributed by atoms with van der Waals surface area (Å²) < 4.78 is 33.3. The monoisotopic (exact) mass is 547 g/mol. The molecule has 206 valence electrons. The van der Waals surface area contributed by atoms with Crippen molar-refractivity contribution >= 4 is 15.8 Å². The zero-order chi connectivity index (χ0) is 27.7. The van der Waals surface area contributed by atoms with E-state index >= 15 is 0 Å². The van der Waals surface area contributed by atoms with Gasteiger partial charge in [-0.25, -0.2) is 18.2 Å². The molecule has 3 aliphatic rings. The lowest BCUT2D eigenvalue weighted by atomic mass is 9.66. The molecule has 1 aromatic heterocycles. The van der Waals surface area contributed by atoms with Crippen molar-refractivity contribution < 1.29 is 23.1 Å². The second kappa shape index (κ2) is 10.8. The minimum Gasteiger partial charge on any atom is -0.511 e. The third-order valence-electron chi connectivity index (χ3n) is 8.59. The largest absolute Gasteiger partial charge is 0.511 e. The second-order valence-corrected chi connectivity index (χ2v) is 13.3. The van der Waals surface area contributed by atoms with Crippen molar-refractivity contribution in [3.63, 3.8) is 0 Å². The number of pyridine rings is 1. The highest BCUT2D eigenvalue weighted by atomic mass is 32.2. The van der Waals surface area contributed by atoms with Crippen LogP contribution in [-0.2, 0) is 25.8 Å². The third kappa shape index (κ3) is 5.46. The molecule has 1 aromatic carbocycles. The number of benzene rings is 1. The summed E-state index contributed by atoms with van der Waals surface area (Å²) in [6.45, 7) is 3.66. The van der Waals surface area contributed by atoms with Crippen LogP contribution in [0.2, 0.25) is 0 Å². The highest BCUT2D eigenvalue weighted by molar-refractivity contribution is 7.91. The highest BCUT2D eigenvalue weighted by Crippen LogP contribution is 2.56. The number of cyclic esters (lactones) is 1. The lowest BCUT2D eigenvalue weighted by Gasteiger charge is -2.46. The summed E-state index contributed by atoms with van der Waals surface area (Å²) in [5, 5.41) is 11.6. The number of rotatable bonds is 10. The summed E-state index contributed by atoms with van der Waals surface area (Å²) in [6, 6.07) is 15.0. The number of hydrogen-bond acceptors (Lipinski definition) is 6. The maximum Gasteiger partial charge on any atom is 0.337 e. The summed E-state index contributed by atoms with van der Waals surface area (Å²) in [7, 11) is -3.65. The summed E-state index contributed by atoms with van der Waals surface area (Å²) >= 11 is 0. The Hall–Kier alpha value is -3.19. The minimum absolute atomic E-state index is 0.0454. The molecule has 1 fully saturated rings. The van der Waals surface area contributed by atoms with Crippen LogP contribution in [0.1, 0.15) is 57.9 Å². The van der Waals surface area contributed by atoms with E-state index in [1.807, 2.05) is 36.4 Å². The molecular formula is C32H37NO5S. The van der Waals surface area contributed by atoms with Crippen molar-refractivity contribution in [2.45, 2.75) is 69.4 Å². The zero-order valence-electron chi connectivity index (χ0n) is 22.7. The molecule has 3 atom stereocenters. The van der Waals surface area contributed by atoms with Crippen molar-refractivity contribution in [2.24, 2.45) is 17.3 Å². The molecule has 3 unspecified atom stereocenters. The zero-order valence-corrected chi connectivity index (χ0v) is 23.5. The van der Waals surface area contributed by atoms with Crippen LogP contribution in [0.25, 0.3) is 0 Å². The first-order valence-electron chi connectivity index (χ1n) is 13.9. The SMILES string of the molecule is CCCC1(CCc2ccccc2)OC(=O)C(C)=C(O)C1C1=CC=CC(CS(=O)(=O)c2ccccn2)(C2CC2)C1. The molecule has 2 aliphatic carbocycles. The molecule has 1 saturated carbocycles. The Bertz CT molecular complexity index is 1410. The maximum absolute atomic E-state index is 13.5. The van der Waals surface area contributed by atoms with Gasteiger partial charge in [-0.2, -0.15) is 0 Å². The van der Waals surface area contributed by atoms with Gasteiger partial charge in [0.25, 0.3) is 0 Å². The molecule has 1 aliphatic heterocycles. The molecule has 0 amide bonds. The van der Waals surface area contributed by atoms with E-state index in [0.29, 0.717) is 25.7 Å². The number of nitrogens with zero attached hydrogens (tertiary/aromatic N) is 1. The van der Waals surface area contributed by atoms with Gasteiger partial charge in [-0.05, 0) is 69.1 Å². The van der Waals surface area contributed by atoms with Crippen LogP contribution >= 0.6 is 0 Å². The number of sulfone groups is 1. The van der Waals surface area contributed by atoms with E-state index in [1.54, 1.807) is 25.1 Å². The number of aryl methyl sites for hydroxylation is 1. The fourth-order valence-corrected chi connectivity index (χ4v) is 8.31. The number of aliphatic hydroxyl groups is 1. The van der Waals surface area contributed by atoms with E-state index < -0.39 is 32.7 Å². The Morgan fingerprint density at radius 3 is 2.49 bits per heavy atom. The standard InChI is InChI=1S/C32H37NO5S/c1-3-17-32(19-16-24-10-5-4-6-11-24)28(29(34)23(2)30(35)38-32)25-12-9-18-31(21-25,26-14-15-26)22-39(36,37)27-13-7-8-20-33-27/h4-13,18,20,26,28,34H,3,14-17,19,21-22H2,1-2H3. The van der Waals surface area contributed by atoms with Crippen LogP contribution in [0.5, 0.6) is 0 Å². The van der Waals surface area contributed by atoms with Crippen LogP contribution in [0.15, 0.2) is 94.9 Å². The van der Waals surface area contributed by atoms with Gasteiger partial charge in [0, 0.05) is 11.6 Å². The topological polar surface area (TPSA) is 93.6 Å². The van der Waals surface area contributed by atoms with Gasteiger partial charge in [0.2, 0.25) is 0 Å². The minimum atomic E-state index is -3.65. The van der Waals surface area contributed by atoms with Crippen molar-refractivity contribution in [1.82, 2.24) is 4.98 Å². The van der Waals surface area contributed by atoms with Crippen molar-refractivity contribution in [3.8, 4) is 0 Å². The predicted octanol–water partition coefficient (Wildman–Crippen LogP) is 6.31. The molecule has 2 aromatic rings. The lowest BCUT2D eigenvalue weighted by molar-refractivity contribution is -0.166. The summed E-state index contributed by atoms with van der Waals surface area (Å²) in [4.78, 5) is 17.1. The quantitative estimate of drug-likeness (QED) is 0.350. The molecule has 0 radical (unpaired) electrons. The van der Waals surface area contributed by atoms with E-state index in [-0.39, 0.29) is 28.0 Å². The van der Waals surface area contributed by atoms with E-state index in [0.717, 1.165) is 30.4 Å². The number of carbonyl (C=O) groups is 1. The predicted molar refractivity (Wildman–Crippen MR) is 151 cm³/mol. The molecule has 0 bridgehead atoms. The van der Waals surface area contributed by atoms with Crippen LogP contribution in [-0.4, -0.2) is 35.8 Å². The fraction of sp³-hybridized carbons (Fsp3) is 0.438. The van der Waals surface area contributed by atoms with Gasteiger partial charge in [-0.3, -0.25) is 0 Å². The van der Waals surface area contributed by atoms with E-state index in [1.165, 1.54) is 6.20 Å². The van der Waals surface area contributed by atoms with Gasteiger partial charge >= 0.3 is 5.97 Å². The van der Waals surface area contributed by atoms with Gasteiger partial charge in [0.05, 0.1) is 17.2 Å². The number of allylic oxidation sites excluding steroid dienone is 3. The van der Waals surface area contributed by atoms with Gasteiger partial charge < -0.3 is 9.84 Å². The highest BCUT2D eigenvalue weighted by Gasteiger charge is 2.54. The molecule has 6 nitrogen and oxygen atoms in total. The first kappa shape index (κ1) is 27.4. The summed E-state index contributed by atoms with van der Waals surface area (Å²) in [5.41, 5.74) is 0.761. The van der Waals surface area contributed by atoms with Gasteiger partial charge in [0.1, 0.15) is 11.4 Å². The first-order valence-corrected chi connectivity index (χ1v) is 15.5. The molecular weight excluding hydrogens is 510 g/mol. The molecule has 7 heteroatoms. The average molecular weight is 548 g/mol. The molecule has 0 saturated heterocycles. The Kier molecular flexibility index (Phi) is 7.55. The molecule has 0 spiro atoms. The first-order chi connectivity index (χ1) is 18.7. The fourth-order valence-electron chi connectivity index (χ4n) is 6.52. The number of hydrogen-bond donors (Lipinski definition) is 1. The summed E-state index contributed by atoms with van der Waals surface area (Å²) in [6.07, 6.45) is 12.5. The maximum atomic E-state index is 13.5. The van der Waals surface area contributed by atoms with Crippen LogP contribution in [0.3, 0.4) is 0 Å². The molecule has 39 heavy (non-hydrogen) atoms. The van der Waals surface area contributed by atoms with E-state index in [2.05, 4.69) is 24.0 Å². The smallest absolute Gasteiger partial charge is 0.337 e. The normalized spacial score (nSPS) is 27.3. The molecule has 5 rings (SSSR count). The average Bonchev–Trinajstić information content (AvgIpc) is 3.79. The number of esters is 1. The Morgan fingerprint density at radius 1 is 1.08 bits per heavy atom. The van der Waals surface area contributed by atoms with Gasteiger partial charge in [-0.1, -0.05) is 73.5 Å². The van der Waals surface area contributed by atoms with E-state index in [4.69, 9.17) is 4.74 Å². The van der Waals surface area contributed by atoms with Crippen molar-refractivity contribution in [3.05, 3.63) is 95.4 Å². The van der Waals surface area contributed by atoms with Gasteiger partial charge in [0.15, 0.2) is 14.9 Å². The van der Waals surface area contributed by atoms with Crippen LogP contribution < -0.4 is 0 Å². The number of aromatic nitrogens is 1. The number of ether oxygens (including phenoxy) is 1. The number of aliphatic hydroxyl groups excluding tert-OH is 1. The Morgan fingerprint density at radius 2 is 1.82 bits per heavy atom. The van der Waals surface area contributed by atoms with Crippen molar-refractivity contribution in [2.75, 3.05) is 5.75 Å². The van der Waals surface area contributed by atoms with Crippen LogP contribution in [0, 0.1) is 17.3 Å². The van der Waals surface area contributed by atoms with Crippen molar-refractivity contribution in [1.29, 1.82) is 0 Å².